The van der Waals surface area contributed by atoms with E-state index < -0.39 is 24.0 Å². The molecule has 2 rings (SSSR count). The SMILES string of the molecule is Cc1[nH]c(C(=O)O[C@@H]2CCOC2=O)c(C)c1C(=O)OC(C)C. The maximum absolute atomic E-state index is 12.2. The molecule has 0 aromatic carbocycles. The van der Waals surface area contributed by atoms with Crippen LogP contribution in [0.2, 0.25) is 0 Å². The number of H-pyrrole nitrogens is 1. The second-order valence-corrected chi connectivity index (χ2v) is 5.43. The first kappa shape index (κ1) is 16.1. The van der Waals surface area contributed by atoms with E-state index in [-0.39, 0.29) is 18.4 Å². The molecule has 7 nitrogen and oxygen atoms in total. The van der Waals surface area contributed by atoms with Crippen LogP contribution in [0.1, 0.15) is 52.4 Å². The standard InChI is InChI=1S/C15H19NO6/c1-7(2)21-14(18)11-8(3)12(16-9(11)4)15(19)22-10-5-6-20-13(10)17/h7,10,16H,5-6H2,1-4H3/t10-/m1/s1. The van der Waals surface area contributed by atoms with Crippen LogP contribution in [0.15, 0.2) is 0 Å². The number of aryl methyl sites for hydroxylation is 1. The summed E-state index contributed by atoms with van der Waals surface area (Å²) in [4.78, 5) is 38.4. The first-order valence-electron chi connectivity index (χ1n) is 7.09. The van der Waals surface area contributed by atoms with Gasteiger partial charge in [-0.1, -0.05) is 0 Å². The average Bonchev–Trinajstić information content (AvgIpc) is 2.93. The molecule has 0 amide bonds. The van der Waals surface area contributed by atoms with Crippen molar-refractivity contribution in [1.82, 2.24) is 4.98 Å². The molecule has 1 aromatic rings. The van der Waals surface area contributed by atoms with Crippen LogP contribution in [0.4, 0.5) is 0 Å². The number of rotatable bonds is 4. The molecular weight excluding hydrogens is 290 g/mol. The van der Waals surface area contributed by atoms with Crippen LogP contribution in [-0.2, 0) is 19.0 Å². The number of hydrogen-bond donors (Lipinski definition) is 1. The number of carbonyl (C=O) groups excluding carboxylic acids is 3. The van der Waals surface area contributed by atoms with E-state index in [1.165, 1.54) is 0 Å². The third-order valence-electron chi connectivity index (χ3n) is 3.33. The van der Waals surface area contributed by atoms with Crippen molar-refractivity contribution < 1.29 is 28.6 Å². The lowest BCUT2D eigenvalue weighted by molar-refractivity contribution is -0.145. The van der Waals surface area contributed by atoms with Gasteiger partial charge in [0.25, 0.3) is 0 Å². The summed E-state index contributed by atoms with van der Waals surface area (Å²) < 4.78 is 15.0. The third-order valence-corrected chi connectivity index (χ3v) is 3.33. The Morgan fingerprint density at radius 3 is 2.50 bits per heavy atom. The monoisotopic (exact) mass is 309 g/mol. The molecule has 0 saturated carbocycles. The molecule has 1 saturated heterocycles. The summed E-state index contributed by atoms with van der Waals surface area (Å²) in [6.45, 7) is 7.03. The van der Waals surface area contributed by atoms with E-state index in [2.05, 4.69) is 4.98 Å². The van der Waals surface area contributed by atoms with Crippen LogP contribution in [-0.4, -0.2) is 41.7 Å². The van der Waals surface area contributed by atoms with E-state index in [0.29, 0.717) is 23.2 Å². The van der Waals surface area contributed by atoms with Gasteiger partial charge in [-0.3, -0.25) is 0 Å². The zero-order chi connectivity index (χ0) is 16.4. The number of aromatic nitrogens is 1. The number of aromatic amines is 1. The van der Waals surface area contributed by atoms with E-state index in [1.807, 2.05) is 0 Å². The van der Waals surface area contributed by atoms with Gasteiger partial charge < -0.3 is 19.2 Å². The highest BCUT2D eigenvalue weighted by molar-refractivity contribution is 5.99. The molecule has 1 aromatic heterocycles. The predicted octanol–water partition coefficient (Wildman–Crippen LogP) is 1.67. The van der Waals surface area contributed by atoms with Gasteiger partial charge in [0.05, 0.1) is 18.3 Å². The summed E-state index contributed by atoms with van der Waals surface area (Å²) in [6, 6.07) is 0. The summed E-state index contributed by atoms with van der Waals surface area (Å²) in [6.07, 6.45) is -0.808. The van der Waals surface area contributed by atoms with Crippen molar-refractivity contribution in [2.24, 2.45) is 0 Å². The van der Waals surface area contributed by atoms with Crippen LogP contribution < -0.4 is 0 Å². The Morgan fingerprint density at radius 1 is 1.27 bits per heavy atom. The number of hydrogen-bond acceptors (Lipinski definition) is 6. The van der Waals surface area contributed by atoms with Crippen LogP contribution in [0, 0.1) is 13.8 Å². The minimum absolute atomic E-state index is 0.146. The number of esters is 3. The molecule has 0 unspecified atom stereocenters. The van der Waals surface area contributed by atoms with Crippen molar-refractivity contribution >= 4 is 17.9 Å². The van der Waals surface area contributed by atoms with Crippen molar-refractivity contribution in [1.29, 1.82) is 0 Å². The minimum atomic E-state index is -0.887. The second kappa shape index (κ2) is 6.21. The molecule has 7 heteroatoms. The molecule has 1 atom stereocenters. The van der Waals surface area contributed by atoms with Crippen LogP contribution in [0.3, 0.4) is 0 Å². The van der Waals surface area contributed by atoms with Crippen molar-refractivity contribution in [2.75, 3.05) is 6.61 Å². The van der Waals surface area contributed by atoms with Crippen LogP contribution in [0.25, 0.3) is 0 Å². The molecule has 0 bridgehead atoms. The second-order valence-electron chi connectivity index (χ2n) is 5.43. The fourth-order valence-electron chi connectivity index (χ4n) is 2.31. The number of cyclic esters (lactones) is 1. The summed E-state index contributed by atoms with van der Waals surface area (Å²) in [7, 11) is 0. The normalized spacial score (nSPS) is 17.5. The summed E-state index contributed by atoms with van der Waals surface area (Å²) >= 11 is 0. The highest BCUT2D eigenvalue weighted by Gasteiger charge is 2.32. The number of ether oxygens (including phenoxy) is 3. The molecule has 0 radical (unpaired) electrons. The van der Waals surface area contributed by atoms with E-state index in [4.69, 9.17) is 14.2 Å². The maximum atomic E-state index is 12.2. The van der Waals surface area contributed by atoms with Crippen molar-refractivity contribution in [2.45, 2.75) is 46.3 Å². The van der Waals surface area contributed by atoms with Gasteiger partial charge in [-0.15, -0.1) is 0 Å². The lowest BCUT2D eigenvalue weighted by Crippen LogP contribution is -2.23. The Labute approximate surface area is 127 Å². The molecule has 0 spiro atoms. The van der Waals surface area contributed by atoms with Crippen LogP contribution >= 0.6 is 0 Å². The zero-order valence-electron chi connectivity index (χ0n) is 13.0. The molecule has 1 N–H and O–H groups in total. The third kappa shape index (κ3) is 3.13. The molecule has 1 fully saturated rings. The van der Waals surface area contributed by atoms with E-state index >= 15 is 0 Å². The Bertz CT molecular complexity index is 616. The molecule has 1 aliphatic rings. The van der Waals surface area contributed by atoms with Gasteiger partial charge >= 0.3 is 17.9 Å². The van der Waals surface area contributed by atoms with Gasteiger partial charge in [0.1, 0.15) is 5.69 Å². The highest BCUT2D eigenvalue weighted by Crippen LogP contribution is 2.22. The highest BCUT2D eigenvalue weighted by atomic mass is 16.6. The molecule has 22 heavy (non-hydrogen) atoms. The molecule has 0 aliphatic carbocycles. The van der Waals surface area contributed by atoms with Gasteiger partial charge in [0, 0.05) is 12.1 Å². The minimum Gasteiger partial charge on any atom is -0.463 e. The smallest absolute Gasteiger partial charge is 0.355 e. The van der Waals surface area contributed by atoms with Crippen molar-refractivity contribution in [3.63, 3.8) is 0 Å². The van der Waals surface area contributed by atoms with Gasteiger partial charge in [-0.05, 0) is 33.3 Å². The van der Waals surface area contributed by atoms with Gasteiger partial charge in [0.15, 0.2) is 0 Å². The van der Waals surface area contributed by atoms with E-state index in [9.17, 15) is 14.4 Å². The lowest BCUT2D eigenvalue weighted by Gasteiger charge is -2.09. The van der Waals surface area contributed by atoms with Gasteiger partial charge in [-0.2, -0.15) is 0 Å². The average molecular weight is 309 g/mol. The van der Waals surface area contributed by atoms with E-state index in [0.717, 1.165) is 0 Å². The first-order chi connectivity index (χ1) is 10.3. The maximum Gasteiger partial charge on any atom is 0.355 e. The zero-order valence-corrected chi connectivity index (χ0v) is 13.0. The van der Waals surface area contributed by atoms with E-state index in [1.54, 1.807) is 27.7 Å². The largest absolute Gasteiger partial charge is 0.463 e. The topological polar surface area (TPSA) is 94.7 Å². The summed E-state index contributed by atoms with van der Waals surface area (Å²) in [5.41, 5.74) is 1.42. The molecule has 120 valence electrons. The molecule has 2 heterocycles. The lowest BCUT2D eigenvalue weighted by atomic mass is 10.1. The Hall–Kier alpha value is -2.31. The van der Waals surface area contributed by atoms with Crippen molar-refractivity contribution in [3.05, 3.63) is 22.5 Å². The Kier molecular flexibility index (Phi) is 4.54. The number of nitrogens with one attached hydrogen (secondary N) is 1. The molecular formula is C15H19NO6. The summed E-state index contributed by atoms with van der Waals surface area (Å²) in [5, 5.41) is 0. The Balaban J connectivity index is 2.20. The summed E-state index contributed by atoms with van der Waals surface area (Å²) in [5.74, 6) is -1.73. The first-order valence-corrected chi connectivity index (χ1v) is 7.09. The Morgan fingerprint density at radius 2 is 1.95 bits per heavy atom. The van der Waals surface area contributed by atoms with Crippen molar-refractivity contribution in [3.8, 4) is 0 Å². The molecule has 1 aliphatic heterocycles. The number of carbonyl (C=O) groups is 3. The van der Waals surface area contributed by atoms with Gasteiger partial charge in [-0.25, -0.2) is 14.4 Å². The van der Waals surface area contributed by atoms with Gasteiger partial charge in [0.2, 0.25) is 6.10 Å². The fraction of sp³-hybridized carbons (Fsp3) is 0.533. The van der Waals surface area contributed by atoms with Crippen LogP contribution in [0.5, 0.6) is 0 Å². The predicted molar refractivity (Wildman–Crippen MR) is 75.6 cm³/mol. The fourth-order valence-corrected chi connectivity index (χ4v) is 2.31. The quantitative estimate of drug-likeness (QED) is 0.671.